The number of amides is 2. The highest BCUT2D eigenvalue weighted by molar-refractivity contribution is 5.92. The van der Waals surface area contributed by atoms with E-state index in [1.165, 1.54) is 110 Å². The third kappa shape index (κ3) is 22.4. The Bertz CT molecular complexity index is 3870. The van der Waals surface area contributed by atoms with Crippen molar-refractivity contribution in [1.82, 2.24) is 50.3 Å². The number of oxazole rings is 6. The zero-order valence-electron chi connectivity index (χ0n) is 53.3. The summed E-state index contributed by atoms with van der Waals surface area (Å²) in [6.07, 6.45) is 17.2. The second kappa shape index (κ2) is 37.0. The number of nitrogens with two attached hydrogens (primary N) is 1. The van der Waals surface area contributed by atoms with Crippen molar-refractivity contribution in [2.24, 2.45) is 5.73 Å². The zero-order chi connectivity index (χ0) is 68.9. The lowest BCUT2D eigenvalue weighted by molar-refractivity contribution is -0.123. The van der Waals surface area contributed by atoms with Crippen molar-refractivity contribution in [3.8, 4) is 52.6 Å². The molecule has 3 atom stereocenters. The van der Waals surface area contributed by atoms with Crippen molar-refractivity contribution in [2.75, 3.05) is 41.3 Å². The number of likely N-dealkylation sites (N-methyl/N-ethyl adjacent to an activating group) is 2. The van der Waals surface area contributed by atoms with Crippen LogP contribution in [0, 0.1) is 51.4 Å². The average molecular weight is 1320 g/mol. The molecule has 0 radical (unpaired) electrons. The van der Waals surface area contributed by atoms with Crippen LogP contribution in [0.15, 0.2) is 137 Å². The lowest BCUT2D eigenvalue weighted by atomic mass is 10.0. The van der Waals surface area contributed by atoms with Crippen molar-refractivity contribution in [3.63, 3.8) is 0 Å². The molecular weight excluding hydrogens is 1250 g/mol. The number of halogens is 3. The molecule has 6 heterocycles. The van der Waals surface area contributed by atoms with Gasteiger partial charge in [0.25, 0.3) is 17.7 Å². The van der Waals surface area contributed by atoms with Crippen molar-refractivity contribution in [3.05, 3.63) is 180 Å². The summed E-state index contributed by atoms with van der Waals surface area (Å²) in [6.45, 7) is 0.337. The van der Waals surface area contributed by atoms with Crippen molar-refractivity contribution in [2.45, 2.75) is 114 Å². The Morgan fingerprint density at radius 3 is 1.05 bits per heavy atom. The molecule has 9 aromatic rings. The summed E-state index contributed by atoms with van der Waals surface area (Å²) in [5.41, 5.74) is 8.04. The fraction of sp³-hybridized carbons (Fsp3) is 0.353. The predicted molar refractivity (Wildman–Crippen MR) is 337 cm³/mol. The van der Waals surface area contributed by atoms with Gasteiger partial charge in [0.15, 0.2) is 34.4 Å². The quantitative estimate of drug-likeness (QED) is 0.0254. The van der Waals surface area contributed by atoms with E-state index in [0.717, 1.165) is 12.8 Å². The van der Waals surface area contributed by atoms with Gasteiger partial charge in [-0.05, 0) is 140 Å². The molecular formula is C68H71F3N14O11. The van der Waals surface area contributed by atoms with E-state index in [1.807, 2.05) is 18.2 Å². The zero-order valence-corrected chi connectivity index (χ0v) is 53.3. The fourth-order valence-electron chi connectivity index (χ4n) is 9.68. The van der Waals surface area contributed by atoms with Crippen LogP contribution in [0.25, 0.3) is 34.4 Å². The van der Waals surface area contributed by atoms with E-state index in [2.05, 4.69) is 40.5 Å². The van der Waals surface area contributed by atoms with Crippen molar-refractivity contribution < 1.29 is 63.6 Å². The minimum atomic E-state index is -0.578. The van der Waals surface area contributed by atoms with Crippen LogP contribution in [-0.4, -0.2) is 110 Å². The van der Waals surface area contributed by atoms with Gasteiger partial charge in [-0.25, -0.2) is 28.1 Å². The number of carbonyl (C=O) groups is 5. The van der Waals surface area contributed by atoms with Gasteiger partial charge in [-0.1, -0.05) is 38.5 Å². The molecule has 2 amide bonds. The van der Waals surface area contributed by atoms with Gasteiger partial charge in [-0.3, -0.25) is 24.0 Å². The summed E-state index contributed by atoms with van der Waals surface area (Å²) >= 11 is 0. The molecule has 3 aromatic carbocycles. The first-order chi connectivity index (χ1) is 46.3. The standard InChI is InChI=1S/2C24H26FN5O4.C20H19FN4O3/c2*1-30(2)15-21(32)28-18(6-4-3-5-7-20(31)24-27-12-13-33-24)22-19(14-26)29-23(34-22)16-8-10-17(25)11-9-16;21-14-8-6-13(7-9-14)19-25-16(12-22)18(28-19)15(23)4-2-1-3-5-17(26)20-24-10-11-27-20/h2*8-13,18H,3-7,15H2,1-2H3,(H,28,32);6-11,15H,1-5,23H2/t2*18-;15-/m000/s1. The van der Waals surface area contributed by atoms with E-state index in [-0.39, 0.29) is 112 Å². The van der Waals surface area contributed by atoms with E-state index in [4.69, 9.17) is 32.2 Å². The Kier molecular flexibility index (Phi) is 28.0. The number of unbranched alkanes of at least 4 members (excludes halogenated alkanes) is 6. The Hall–Kier alpha value is -11.0. The number of ketones is 3. The number of hydrogen-bond donors (Lipinski definition) is 3. The minimum absolute atomic E-state index is 0.0635. The third-order valence-corrected chi connectivity index (χ3v) is 14.3. The second-order valence-corrected chi connectivity index (χ2v) is 22.5. The second-order valence-electron chi connectivity index (χ2n) is 22.5. The van der Waals surface area contributed by atoms with Crippen LogP contribution in [0.3, 0.4) is 0 Å². The molecule has 4 N–H and O–H groups in total. The molecule has 0 spiro atoms. The van der Waals surface area contributed by atoms with Gasteiger partial charge in [0.05, 0.1) is 49.8 Å². The molecule has 0 aliphatic rings. The maximum absolute atomic E-state index is 13.3. The summed E-state index contributed by atoms with van der Waals surface area (Å²) in [6, 6.07) is 21.2. The van der Waals surface area contributed by atoms with Crippen LogP contribution in [0.2, 0.25) is 0 Å². The van der Waals surface area contributed by atoms with Crippen molar-refractivity contribution in [1.29, 1.82) is 15.8 Å². The highest BCUT2D eigenvalue weighted by Gasteiger charge is 2.28. The van der Waals surface area contributed by atoms with E-state index in [0.29, 0.717) is 106 Å². The van der Waals surface area contributed by atoms with Gasteiger partial charge in [-0.15, -0.1) is 0 Å². The number of benzene rings is 3. The maximum Gasteiger partial charge on any atom is 0.263 e. The molecule has 96 heavy (non-hydrogen) atoms. The Balaban J connectivity index is 0.000000204. The molecule has 0 saturated heterocycles. The average Bonchev–Trinajstić information content (AvgIpc) is 1.71. The number of aromatic nitrogens is 6. The molecule has 0 saturated carbocycles. The van der Waals surface area contributed by atoms with E-state index in [1.54, 1.807) is 38.0 Å². The number of nitriles is 3. The molecule has 0 unspecified atom stereocenters. The normalized spacial score (nSPS) is 11.9. The number of Topliss-reactive ketones (excluding diaryl/α,β-unsaturated/α-hetero) is 3. The predicted octanol–water partition coefficient (Wildman–Crippen LogP) is 12.0. The maximum atomic E-state index is 13.3. The lowest BCUT2D eigenvalue weighted by Crippen LogP contribution is -2.36. The molecule has 25 nitrogen and oxygen atoms in total. The Morgan fingerprint density at radius 2 is 0.760 bits per heavy atom. The van der Waals surface area contributed by atoms with E-state index >= 15 is 0 Å². The first-order valence-electron chi connectivity index (χ1n) is 30.7. The molecule has 0 aliphatic heterocycles. The molecule has 28 heteroatoms. The molecule has 500 valence electrons. The van der Waals surface area contributed by atoms with Crippen LogP contribution >= 0.6 is 0 Å². The largest absolute Gasteiger partial charge is 0.442 e. The number of nitrogens with one attached hydrogen (secondary N) is 2. The monoisotopic (exact) mass is 1320 g/mol. The minimum Gasteiger partial charge on any atom is -0.442 e. The SMILES string of the molecule is CN(C)CC(=O)N[C@@H](CCCCCC(=O)c1ncco1)c1oc(-c2ccc(F)cc2)nc1C#N.CN(C)CC(=O)N[C@@H](CCCCCC(=O)c1ncco1)c1oc(-c2ccc(F)cc2)nc1C#N.N#Cc1nc(-c2ccc(F)cc2)oc1[C@@H](N)CCCCCC(=O)c1ncco1. The summed E-state index contributed by atoms with van der Waals surface area (Å²) in [5, 5.41) is 34.3. The topological polar surface area (TPSA) is 369 Å². The van der Waals surface area contributed by atoms with E-state index in [9.17, 15) is 52.9 Å². The highest BCUT2D eigenvalue weighted by atomic mass is 19.1. The third-order valence-electron chi connectivity index (χ3n) is 14.3. The Morgan fingerprint density at radius 1 is 0.458 bits per heavy atom. The first kappa shape index (κ1) is 72.4. The Labute approximate surface area is 550 Å². The lowest BCUT2D eigenvalue weighted by Gasteiger charge is -2.18. The number of carbonyl (C=O) groups excluding carboxylic acids is 5. The van der Waals surface area contributed by atoms with Crippen LogP contribution in [0.5, 0.6) is 0 Å². The summed E-state index contributed by atoms with van der Waals surface area (Å²) in [7, 11) is 7.12. The molecule has 9 rings (SSSR count). The number of rotatable bonds is 33. The summed E-state index contributed by atoms with van der Waals surface area (Å²) in [5.74, 6) is -0.313. The molecule has 0 aliphatic carbocycles. The fourth-order valence-corrected chi connectivity index (χ4v) is 9.68. The van der Waals surface area contributed by atoms with Gasteiger partial charge < -0.3 is 52.7 Å². The van der Waals surface area contributed by atoms with Crippen LogP contribution in [0.1, 0.15) is 181 Å². The van der Waals surface area contributed by atoms with E-state index < -0.39 is 29.8 Å². The van der Waals surface area contributed by atoms with Crippen LogP contribution in [-0.2, 0) is 9.59 Å². The summed E-state index contributed by atoms with van der Waals surface area (Å²) in [4.78, 5) is 88.4. The first-order valence-corrected chi connectivity index (χ1v) is 30.7. The van der Waals surface area contributed by atoms with Gasteiger partial charge in [0.2, 0.25) is 46.8 Å². The van der Waals surface area contributed by atoms with Gasteiger partial charge >= 0.3 is 0 Å². The molecule has 0 fully saturated rings. The van der Waals surface area contributed by atoms with Crippen LogP contribution < -0.4 is 16.4 Å². The number of nitrogens with zero attached hydrogens (tertiary/aromatic N) is 11. The van der Waals surface area contributed by atoms with Crippen LogP contribution in [0.4, 0.5) is 13.2 Å². The van der Waals surface area contributed by atoms with Gasteiger partial charge in [0.1, 0.15) is 54.4 Å². The molecule has 6 aromatic heterocycles. The van der Waals surface area contributed by atoms with Gasteiger partial charge in [0, 0.05) is 36.0 Å². The summed E-state index contributed by atoms with van der Waals surface area (Å²) < 4.78 is 72.1. The highest BCUT2D eigenvalue weighted by Crippen LogP contribution is 2.32. The van der Waals surface area contributed by atoms with Crippen molar-refractivity contribution >= 4 is 29.2 Å². The smallest absolute Gasteiger partial charge is 0.263 e. The molecule has 0 bridgehead atoms. The van der Waals surface area contributed by atoms with Gasteiger partial charge in [-0.2, -0.15) is 30.7 Å². The number of hydrogen-bond acceptors (Lipinski definition) is 23.